The quantitative estimate of drug-likeness (QED) is 0.694. The Bertz CT molecular complexity index is 633. The second-order valence-corrected chi connectivity index (χ2v) is 6.07. The summed E-state index contributed by atoms with van der Waals surface area (Å²) in [5.74, 6) is 0.334. The Hall–Kier alpha value is -1.63. The lowest BCUT2D eigenvalue weighted by Crippen LogP contribution is -2.24. The molecule has 0 N–H and O–H groups in total. The number of hydrogen-bond donors (Lipinski definition) is 0. The highest BCUT2D eigenvalue weighted by Gasteiger charge is 2.37. The molecule has 0 atom stereocenters. The van der Waals surface area contributed by atoms with Gasteiger partial charge in [-0.05, 0) is 36.1 Å². The van der Waals surface area contributed by atoms with Crippen molar-refractivity contribution in [2.24, 2.45) is 5.41 Å². The van der Waals surface area contributed by atoms with Gasteiger partial charge in [-0.25, -0.2) is 0 Å². The van der Waals surface area contributed by atoms with Crippen LogP contribution in [-0.4, -0.2) is 5.78 Å². The van der Waals surface area contributed by atoms with Crippen molar-refractivity contribution in [1.82, 2.24) is 0 Å². The fourth-order valence-corrected chi connectivity index (χ4v) is 3.36. The Morgan fingerprint density at radius 1 is 1.00 bits per heavy atom. The van der Waals surface area contributed by atoms with E-state index < -0.39 is 0 Å². The van der Waals surface area contributed by atoms with E-state index in [9.17, 15) is 4.79 Å². The van der Waals surface area contributed by atoms with Gasteiger partial charge in [0, 0.05) is 11.0 Å². The average molecular weight is 252 g/mol. The second kappa shape index (κ2) is 4.48. The Morgan fingerprint density at radius 3 is 2.32 bits per heavy atom. The minimum absolute atomic E-state index is 0.141. The fourth-order valence-electron chi connectivity index (χ4n) is 3.36. The molecule has 2 aromatic rings. The normalized spacial score (nSPS) is 17.8. The van der Waals surface area contributed by atoms with Gasteiger partial charge in [0.25, 0.3) is 0 Å². The molecule has 0 spiro atoms. The number of ketones is 1. The SMILES string of the molecule is Cc1ccc(C(=O)C2(C)CCCC2)c2ccccc12. The van der Waals surface area contributed by atoms with Gasteiger partial charge in [-0.1, -0.05) is 56.2 Å². The number of Topliss-reactive ketones (excluding diaryl/α,β-unsaturated/α-hetero) is 1. The molecule has 0 aliphatic heterocycles. The highest BCUT2D eigenvalue weighted by Crippen LogP contribution is 2.41. The Labute approximate surface area is 114 Å². The van der Waals surface area contributed by atoms with Crippen LogP contribution in [0.4, 0.5) is 0 Å². The molecular weight excluding hydrogens is 232 g/mol. The molecule has 0 heterocycles. The summed E-state index contributed by atoms with van der Waals surface area (Å²) in [6.45, 7) is 4.24. The van der Waals surface area contributed by atoms with Crippen LogP contribution in [0, 0.1) is 12.3 Å². The zero-order valence-electron chi connectivity index (χ0n) is 11.7. The molecule has 0 saturated heterocycles. The summed E-state index contributed by atoms with van der Waals surface area (Å²) in [7, 11) is 0. The first-order valence-electron chi connectivity index (χ1n) is 7.15. The molecule has 0 bridgehead atoms. The number of carbonyl (C=O) groups is 1. The summed E-state index contributed by atoms with van der Waals surface area (Å²) < 4.78 is 0. The largest absolute Gasteiger partial charge is 0.294 e. The zero-order valence-corrected chi connectivity index (χ0v) is 11.7. The first kappa shape index (κ1) is 12.4. The molecule has 2 aromatic carbocycles. The summed E-state index contributed by atoms with van der Waals surface area (Å²) in [5, 5.41) is 2.32. The van der Waals surface area contributed by atoms with Crippen LogP contribution in [0.15, 0.2) is 36.4 Å². The Morgan fingerprint density at radius 2 is 1.63 bits per heavy atom. The van der Waals surface area contributed by atoms with E-state index in [4.69, 9.17) is 0 Å². The summed E-state index contributed by atoms with van der Waals surface area (Å²) in [4.78, 5) is 12.9. The molecule has 1 fully saturated rings. The topological polar surface area (TPSA) is 17.1 Å². The van der Waals surface area contributed by atoms with Crippen molar-refractivity contribution in [2.75, 3.05) is 0 Å². The third-order valence-corrected chi connectivity index (χ3v) is 4.64. The molecule has 1 heteroatoms. The predicted molar refractivity (Wildman–Crippen MR) is 79.6 cm³/mol. The van der Waals surface area contributed by atoms with Crippen LogP contribution in [0.25, 0.3) is 10.8 Å². The van der Waals surface area contributed by atoms with Gasteiger partial charge in [0.1, 0.15) is 0 Å². The number of aryl methyl sites for hydroxylation is 1. The molecule has 1 saturated carbocycles. The van der Waals surface area contributed by atoms with E-state index in [1.165, 1.54) is 23.8 Å². The number of rotatable bonds is 2. The number of carbonyl (C=O) groups excluding carboxylic acids is 1. The van der Waals surface area contributed by atoms with E-state index in [1.54, 1.807) is 0 Å². The van der Waals surface area contributed by atoms with Crippen LogP contribution in [-0.2, 0) is 0 Å². The van der Waals surface area contributed by atoms with Crippen molar-refractivity contribution in [2.45, 2.75) is 39.5 Å². The first-order chi connectivity index (χ1) is 9.12. The lowest BCUT2D eigenvalue weighted by molar-refractivity contribution is 0.0825. The van der Waals surface area contributed by atoms with E-state index in [0.717, 1.165) is 23.8 Å². The van der Waals surface area contributed by atoms with Crippen molar-refractivity contribution in [3.8, 4) is 0 Å². The van der Waals surface area contributed by atoms with Crippen LogP contribution in [0.2, 0.25) is 0 Å². The van der Waals surface area contributed by atoms with Gasteiger partial charge in [0.05, 0.1) is 0 Å². The Balaban J connectivity index is 2.15. The van der Waals surface area contributed by atoms with E-state index in [0.29, 0.717) is 5.78 Å². The minimum atomic E-state index is -0.141. The maximum Gasteiger partial charge on any atom is 0.169 e. The van der Waals surface area contributed by atoms with Crippen LogP contribution < -0.4 is 0 Å². The van der Waals surface area contributed by atoms with E-state index in [1.807, 2.05) is 18.2 Å². The lowest BCUT2D eigenvalue weighted by Gasteiger charge is -2.22. The van der Waals surface area contributed by atoms with Gasteiger partial charge < -0.3 is 0 Å². The van der Waals surface area contributed by atoms with Crippen molar-refractivity contribution in [3.63, 3.8) is 0 Å². The van der Waals surface area contributed by atoms with Crippen molar-refractivity contribution >= 4 is 16.6 Å². The summed E-state index contributed by atoms with van der Waals surface area (Å²) in [5.41, 5.74) is 2.01. The summed E-state index contributed by atoms with van der Waals surface area (Å²) >= 11 is 0. The van der Waals surface area contributed by atoms with Crippen molar-refractivity contribution in [1.29, 1.82) is 0 Å². The summed E-state index contributed by atoms with van der Waals surface area (Å²) in [6, 6.07) is 12.3. The fraction of sp³-hybridized carbons (Fsp3) is 0.389. The number of hydrogen-bond acceptors (Lipinski definition) is 1. The van der Waals surface area contributed by atoms with Gasteiger partial charge in [-0.15, -0.1) is 0 Å². The van der Waals surface area contributed by atoms with Gasteiger partial charge in [-0.2, -0.15) is 0 Å². The molecule has 1 nitrogen and oxygen atoms in total. The van der Waals surface area contributed by atoms with E-state index >= 15 is 0 Å². The predicted octanol–water partition coefficient (Wildman–Crippen LogP) is 4.91. The molecule has 1 aliphatic rings. The van der Waals surface area contributed by atoms with Gasteiger partial charge in [-0.3, -0.25) is 4.79 Å². The van der Waals surface area contributed by atoms with Crippen LogP contribution >= 0.6 is 0 Å². The van der Waals surface area contributed by atoms with Crippen LogP contribution in [0.5, 0.6) is 0 Å². The average Bonchev–Trinajstić information content (AvgIpc) is 2.87. The highest BCUT2D eigenvalue weighted by molar-refractivity contribution is 6.11. The third kappa shape index (κ3) is 1.98. The maximum atomic E-state index is 12.9. The van der Waals surface area contributed by atoms with E-state index in [-0.39, 0.29) is 5.41 Å². The van der Waals surface area contributed by atoms with Gasteiger partial charge in [0.15, 0.2) is 5.78 Å². The van der Waals surface area contributed by atoms with Gasteiger partial charge in [0.2, 0.25) is 0 Å². The lowest BCUT2D eigenvalue weighted by atomic mass is 9.79. The molecule has 98 valence electrons. The number of fused-ring (bicyclic) bond motifs is 1. The smallest absolute Gasteiger partial charge is 0.169 e. The highest BCUT2D eigenvalue weighted by atomic mass is 16.1. The maximum absolute atomic E-state index is 12.9. The monoisotopic (exact) mass is 252 g/mol. The number of benzene rings is 2. The van der Waals surface area contributed by atoms with Crippen LogP contribution in [0.3, 0.4) is 0 Å². The molecule has 0 unspecified atom stereocenters. The molecule has 19 heavy (non-hydrogen) atoms. The standard InChI is InChI=1S/C18H20O/c1-13-9-10-16(15-8-4-3-7-14(13)15)17(19)18(2)11-5-6-12-18/h3-4,7-10H,5-6,11-12H2,1-2H3. The first-order valence-corrected chi connectivity index (χ1v) is 7.15. The molecule has 1 aliphatic carbocycles. The van der Waals surface area contributed by atoms with Crippen molar-refractivity contribution in [3.05, 3.63) is 47.5 Å². The molecule has 0 aromatic heterocycles. The zero-order chi connectivity index (χ0) is 13.5. The molecule has 0 radical (unpaired) electrons. The molecular formula is C18H20O. The molecule has 3 rings (SSSR count). The van der Waals surface area contributed by atoms with Crippen molar-refractivity contribution < 1.29 is 4.79 Å². The molecule has 0 amide bonds. The van der Waals surface area contributed by atoms with Crippen LogP contribution in [0.1, 0.15) is 48.5 Å². The van der Waals surface area contributed by atoms with E-state index in [2.05, 4.69) is 32.0 Å². The minimum Gasteiger partial charge on any atom is -0.294 e. The summed E-state index contributed by atoms with van der Waals surface area (Å²) in [6.07, 6.45) is 4.44. The Kier molecular flexibility index (Phi) is 2.93. The third-order valence-electron chi connectivity index (χ3n) is 4.64. The second-order valence-electron chi connectivity index (χ2n) is 6.07. The van der Waals surface area contributed by atoms with Gasteiger partial charge >= 0.3 is 0 Å².